The molecule has 0 fully saturated rings. The van der Waals surface area contributed by atoms with Crippen LogP contribution >= 0.6 is 11.8 Å². The van der Waals surface area contributed by atoms with E-state index in [1.165, 1.54) is 12.1 Å². The van der Waals surface area contributed by atoms with Crippen LogP contribution in [-0.2, 0) is 5.75 Å². The highest BCUT2D eigenvalue weighted by molar-refractivity contribution is 7.98. The highest BCUT2D eigenvalue weighted by atomic mass is 32.2. The Bertz CT molecular complexity index is 1090. The fourth-order valence-corrected chi connectivity index (χ4v) is 3.56. The van der Waals surface area contributed by atoms with Crippen LogP contribution in [0.3, 0.4) is 0 Å². The second kappa shape index (κ2) is 7.63. The van der Waals surface area contributed by atoms with E-state index in [-0.39, 0.29) is 11.7 Å². The minimum atomic E-state index is -0.327. The van der Waals surface area contributed by atoms with Crippen molar-refractivity contribution in [3.8, 4) is 0 Å². The molecule has 2 aromatic heterocycles. The lowest BCUT2D eigenvalue weighted by molar-refractivity contribution is 0.102. The summed E-state index contributed by atoms with van der Waals surface area (Å²) in [5.74, 6) is 0.166. The Kier molecular flexibility index (Phi) is 4.89. The second-order valence-corrected chi connectivity index (χ2v) is 7.02. The molecule has 0 aliphatic heterocycles. The third kappa shape index (κ3) is 4.17. The van der Waals surface area contributed by atoms with Crippen LogP contribution in [0.25, 0.3) is 10.9 Å². The molecule has 1 amide bonds. The number of carbonyl (C=O) groups is 1. The molecule has 0 bridgehead atoms. The summed E-state index contributed by atoms with van der Waals surface area (Å²) in [6.07, 6.45) is 1.77. The topological polar surface area (TPSA) is 57.8 Å². The molecule has 0 atom stereocenters. The van der Waals surface area contributed by atoms with Gasteiger partial charge in [-0.25, -0.2) is 9.37 Å². The number of fused-ring (bicyclic) bond motifs is 1. The predicted molar refractivity (Wildman–Crippen MR) is 106 cm³/mol. The zero-order valence-electron chi connectivity index (χ0n) is 14.3. The van der Waals surface area contributed by atoms with Crippen molar-refractivity contribution in [3.63, 3.8) is 0 Å². The van der Waals surface area contributed by atoms with E-state index in [9.17, 15) is 9.18 Å². The highest BCUT2D eigenvalue weighted by Gasteiger charge is 2.10. The number of H-pyrrole nitrogens is 1. The van der Waals surface area contributed by atoms with Gasteiger partial charge in [-0.15, -0.1) is 11.8 Å². The number of hydrogen-bond donors (Lipinski definition) is 2. The van der Waals surface area contributed by atoms with E-state index in [0.717, 1.165) is 21.9 Å². The van der Waals surface area contributed by atoms with Crippen LogP contribution in [0, 0.1) is 5.82 Å². The fourth-order valence-electron chi connectivity index (χ4n) is 2.75. The molecule has 0 saturated carbocycles. The van der Waals surface area contributed by atoms with Crippen molar-refractivity contribution >= 4 is 34.3 Å². The molecule has 0 aliphatic rings. The van der Waals surface area contributed by atoms with Gasteiger partial charge in [0.15, 0.2) is 0 Å². The van der Waals surface area contributed by atoms with Crippen LogP contribution in [0.15, 0.2) is 78.0 Å². The monoisotopic (exact) mass is 377 g/mol. The Hall–Kier alpha value is -3.12. The number of nitrogens with zero attached hydrogens (tertiary/aromatic N) is 1. The van der Waals surface area contributed by atoms with Gasteiger partial charge in [-0.05, 0) is 54.1 Å². The van der Waals surface area contributed by atoms with Gasteiger partial charge in [0.1, 0.15) is 11.5 Å². The van der Waals surface area contributed by atoms with Crippen LogP contribution in [0.5, 0.6) is 0 Å². The summed E-state index contributed by atoms with van der Waals surface area (Å²) < 4.78 is 13.3. The summed E-state index contributed by atoms with van der Waals surface area (Å²) >= 11 is 1.64. The summed E-state index contributed by atoms with van der Waals surface area (Å²) in [5.41, 5.74) is 2.91. The van der Waals surface area contributed by atoms with Crippen molar-refractivity contribution in [2.45, 2.75) is 10.8 Å². The maximum absolute atomic E-state index is 13.3. The quantitative estimate of drug-likeness (QED) is 0.467. The number of anilines is 1. The van der Waals surface area contributed by atoms with E-state index in [1.807, 2.05) is 42.5 Å². The first-order chi connectivity index (χ1) is 13.2. The lowest BCUT2D eigenvalue weighted by Crippen LogP contribution is -2.12. The lowest BCUT2D eigenvalue weighted by Gasteiger charge is -2.07. The molecule has 27 heavy (non-hydrogen) atoms. The predicted octanol–water partition coefficient (Wildman–Crippen LogP) is 5.25. The molecule has 4 nitrogen and oxygen atoms in total. The summed E-state index contributed by atoms with van der Waals surface area (Å²) in [7, 11) is 0. The van der Waals surface area contributed by atoms with Crippen molar-refractivity contribution in [2.75, 3.05) is 5.32 Å². The second-order valence-electron chi connectivity index (χ2n) is 6.03. The lowest BCUT2D eigenvalue weighted by atomic mass is 10.2. The molecule has 2 N–H and O–H groups in total. The molecular weight excluding hydrogens is 361 g/mol. The molecule has 4 aromatic rings. The Morgan fingerprint density at radius 3 is 2.85 bits per heavy atom. The SMILES string of the molecule is O=C(Nc1cccc(CSc2ccccn2)c1)c1cc2cc(F)ccc2[nH]1. The summed E-state index contributed by atoms with van der Waals surface area (Å²) in [6, 6.07) is 19.5. The number of halogens is 1. The smallest absolute Gasteiger partial charge is 0.272 e. The highest BCUT2D eigenvalue weighted by Crippen LogP contribution is 2.23. The van der Waals surface area contributed by atoms with Crippen LogP contribution in [0.2, 0.25) is 0 Å². The van der Waals surface area contributed by atoms with Crippen molar-refractivity contribution in [2.24, 2.45) is 0 Å². The van der Waals surface area contributed by atoms with Gasteiger partial charge in [-0.3, -0.25) is 4.79 Å². The van der Waals surface area contributed by atoms with Crippen molar-refractivity contribution in [1.29, 1.82) is 0 Å². The Balaban J connectivity index is 1.46. The standard InChI is InChI=1S/C21H16FN3OS/c22-16-7-8-18-15(11-16)12-19(25-18)21(26)24-17-5-3-4-14(10-17)13-27-20-6-1-2-9-23-20/h1-12,25H,13H2,(H,24,26). The number of rotatable bonds is 5. The van der Waals surface area contributed by atoms with Gasteiger partial charge in [0, 0.05) is 28.5 Å². The number of nitrogens with one attached hydrogen (secondary N) is 2. The first kappa shape index (κ1) is 17.3. The van der Waals surface area contributed by atoms with Gasteiger partial charge in [-0.1, -0.05) is 18.2 Å². The molecule has 0 spiro atoms. The molecule has 0 unspecified atom stereocenters. The van der Waals surface area contributed by atoms with Crippen LogP contribution < -0.4 is 5.32 Å². The first-order valence-electron chi connectivity index (χ1n) is 8.40. The number of carbonyl (C=O) groups excluding carboxylic acids is 1. The van der Waals surface area contributed by atoms with Gasteiger partial charge < -0.3 is 10.3 Å². The number of aromatic amines is 1. The van der Waals surface area contributed by atoms with E-state index < -0.39 is 0 Å². The summed E-state index contributed by atoms with van der Waals surface area (Å²) in [6.45, 7) is 0. The van der Waals surface area contributed by atoms with Crippen LogP contribution in [-0.4, -0.2) is 15.9 Å². The van der Waals surface area contributed by atoms with Gasteiger partial charge in [0.2, 0.25) is 0 Å². The van der Waals surface area contributed by atoms with E-state index in [1.54, 1.807) is 30.1 Å². The van der Waals surface area contributed by atoms with Crippen molar-refractivity contribution in [1.82, 2.24) is 9.97 Å². The van der Waals surface area contributed by atoms with E-state index in [2.05, 4.69) is 15.3 Å². The third-order valence-electron chi connectivity index (χ3n) is 4.04. The Morgan fingerprint density at radius 1 is 1.07 bits per heavy atom. The maximum atomic E-state index is 13.3. The Morgan fingerprint density at radius 2 is 2.00 bits per heavy atom. The molecular formula is C21H16FN3OS. The van der Waals surface area contributed by atoms with Gasteiger partial charge in [0.05, 0.1) is 5.03 Å². The van der Waals surface area contributed by atoms with Gasteiger partial charge in [-0.2, -0.15) is 0 Å². The van der Waals surface area contributed by atoms with E-state index >= 15 is 0 Å². The average Bonchev–Trinajstić information content (AvgIpc) is 3.11. The van der Waals surface area contributed by atoms with Crippen LogP contribution in [0.4, 0.5) is 10.1 Å². The summed E-state index contributed by atoms with van der Waals surface area (Å²) in [5, 5.41) is 4.51. The minimum Gasteiger partial charge on any atom is -0.351 e. The summed E-state index contributed by atoms with van der Waals surface area (Å²) in [4.78, 5) is 19.8. The molecule has 0 aliphatic carbocycles. The molecule has 134 valence electrons. The molecule has 0 radical (unpaired) electrons. The molecule has 4 rings (SSSR count). The number of benzene rings is 2. The average molecular weight is 377 g/mol. The number of hydrogen-bond acceptors (Lipinski definition) is 3. The number of thioether (sulfide) groups is 1. The molecule has 2 aromatic carbocycles. The van der Waals surface area contributed by atoms with Gasteiger partial charge in [0.25, 0.3) is 5.91 Å². The van der Waals surface area contributed by atoms with Crippen molar-refractivity contribution in [3.05, 3.63) is 90.0 Å². The van der Waals surface area contributed by atoms with Crippen molar-refractivity contribution < 1.29 is 9.18 Å². The zero-order valence-corrected chi connectivity index (χ0v) is 15.1. The van der Waals surface area contributed by atoms with Crippen LogP contribution in [0.1, 0.15) is 16.1 Å². The number of amides is 1. The maximum Gasteiger partial charge on any atom is 0.272 e. The normalized spacial score (nSPS) is 10.9. The van der Waals surface area contributed by atoms with E-state index in [0.29, 0.717) is 16.8 Å². The zero-order chi connectivity index (χ0) is 18.6. The van der Waals surface area contributed by atoms with Gasteiger partial charge >= 0.3 is 0 Å². The Labute approximate surface area is 159 Å². The van der Waals surface area contributed by atoms with E-state index in [4.69, 9.17) is 0 Å². The molecule has 6 heteroatoms. The minimum absolute atomic E-state index is 0.263. The number of aromatic nitrogens is 2. The fraction of sp³-hybridized carbons (Fsp3) is 0.0476. The first-order valence-corrected chi connectivity index (χ1v) is 9.38. The molecule has 2 heterocycles. The molecule has 0 saturated heterocycles. The third-order valence-corrected chi connectivity index (χ3v) is 5.05. The largest absolute Gasteiger partial charge is 0.351 e. The number of pyridine rings is 1.